The number of anilines is 1. The Hall–Kier alpha value is -1.83. The average molecular weight is 371 g/mol. The number of nitrogens with one attached hydrogen (secondary N) is 2. The molecule has 120 valence electrons. The quantitative estimate of drug-likeness (QED) is 0.869. The molecule has 6 nitrogen and oxygen atoms in total. The van der Waals surface area contributed by atoms with Gasteiger partial charge in [0.2, 0.25) is 5.96 Å². The average Bonchev–Trinajstić information content (AvgIpc) is 2.46. The predicted octanol–water partition coefficient (Wildman–Crippen LogP) is 2.69. The zero-order valence-corrected chi connectivity index (χ0v) is 14.1. The number of benzene rings is 1. The molecule has 1 aliphatic heterocycles. The summed E-state index contributed by atoms with van der Waals surface area (Å²) in [6.07, 6.45) is 2.29. The molecule has 2 heterocycles. The van der Waals surface area contributed by atoms with Gasteiger partial charge in [0.15, 0.2) is 0 Å². The topological polar surface area (TPSA) is 83.5 Å². The van der Waals surface area contributed by atoms with Gasteiger partial charge in [-0.2, -0.15) is 0 Å². The molecule has 2 aromatic rings. The van der Waals surface area contributed by atoms with Crippen LogP contribution in [-0.4, -0.2) is 25.9 Å². The number of aliphatic imine (C=N–C) groups is 1. The van der Waals surface area contributed by atoms with Gasteiger partial charge in [0.1, 0.15) is 4.90 Å². The summed E-state index contributed by atoms with van der Waals surface area (Å²) < 4.78 is 26.9. The number of hydrogen-bond donors (Lipinski definition) is 2. The fourth-order valence-corrected chi connectivity index (χ4v) is 4.14. The summed E-state index contributed by atoms with van der Waals surface area (Å²) in [4.78, 5) is 8.37. The third-order valence-corrected chi connectivity index (χ3v) is 5.19. The Morgan fingerprint density at radius 3 is 2.78 bits per heavy atom. The number of guanidine groups is 1. The molecule has 0 bridgehead atoms. The Morgan fingerprint density at radius 2 is 2.04 bits per heavy atom. The summed E-state index contributed by atoms with van der Waals surface area (Å²) in [7, 11) is -3.78. The van der Waals surface area contributed by atoms with Crippen molar-refractivity contribution in [1.29, 1.82) is 0 Å². The van der Waals surface area contributed by atoms with Gasteiger partial charge < -0.3 is 5.32 Å². The van der Waals surface area contributed by atoms with E-state index in [-0.39, 0.29) is 15.9 Å². The second-order valence-electron chi connectivity index (χ2n) is 4.80. The summed E-state index contributed by atoms with van der Waals surface area (Å²) in [5, 5.41) is 3.29. The van der Waals surface area contributed by atoms with Crippen molar-refractivity contribution in [3.05, 3.63) is 52.3 Å². The molecule has 9 heteroatoms. The molecule has 1 aromatic heterocycles. The van der Waals surface area contributed by atoms with Crippen LogP contribution in [0.1, 0.15) is 5.69 Å². The molecule has 23 heavy (non-hydrogen) atoms. The predicted molar refractivity (Wildman–Crippen MR) is 90.6 cm³/mol. The molecule has 0 saturated heterocycles. The maximum absolute atomic E-state index is 12.3. The van der Waals surface area contributed by atoms with Crippen molar-refractivity contribution in [3.8, 4) is 0 Å². The van der Waals surface area contributed by atoms with E-state index in [9.17, 15) is 8.42 Å². The number of hydrogen-bond acceptors (Lipinski definition) is 4. The molecule has 0 spiro atoms. The fraction of sp³-hybridized carbons (Fsp3) is 0.143. The third kappa shape index (κ3) is 3.57. The standard InChI is InChI=1S/C14H12Cl2N4O2S/c15-9-7-11(16)13-12(8-9)19-14(20-23(13,21)22)18-6-4-10-3-1-2-5-17-10/h1-3,5,7-8H,4,6H2,(H2,18,19,20). The minimum absolute atomic E-state index is 0.0350. The van der Waals surface area contributed by atoms with Gasteiger partial charge in [-0.05, 0) is 24.3 Å². The molecule has 1 aromatic carbocycles. The molecule has 0 saturated carbocycles. The molecule has 0 aliphatic carbocycles. The van der Waals surface area contributed by atoms with E-state index in [1.165, 1.54) is 12.1 Å². The van der Waals surface area contributed by atoms with E-state index in [1.807, 2.05) is 18.2 Å². The van der Waals surface area contributed by atoms with E-state index < -0.39 is 10.0 Å². The van der Waals surface area contributed by atoms with E-state index in [0.29, 0.717) is 23.7 Å². The summed E-state index contributed by atoms with van der Waals surface area (Å²) in [5.41, 5.74) is 1.18. The van der Waals surface area contributed by atoms with Crippen LogP contribution < -0.4 is 10.0 Å². The molecule has 0 unspecified atom stereocenters. The molecule has 0 atom stereocenters. The first-order valence-corrected chi connectivity index (χ1v) is 8.93. The van der Waals surface area contributed by atoms with Gasteiger partial charge in [-0.15, -0.1) is 0 Å². The smallest absolute Gasteiger partial charge is 0.267 e. The normalized spacial score (nSPS) is 17.2. The second kappa shape index (κ2) is 6.35. The van der Waals surface area contributed by atoms with Gasteiger partial charge in [-0.25, -0.2) is 13.1 Å². The first kappa shape index (κ1) is 16.0. The lowest BCUT2D eigenvalue weighted by molar-refractivity contribution is 0.591. The molecule has 1 aliphatic rings. The highest BCUT2D eigenvalue weighted by molar-refractivity contribution is 7.90. The second-order valence-corrected chi connectivity index (χ2v) is 7.26. The van der Waals surface area contributed by atoms with Crippen molar-refractivity contribution in [2.45, 2.75) is 11.3 Å². The van der Waals surface area contributed by atoms with E-state index in [4.69, 9.17) is 23.2 Å². The highest BCUT2D eigenvalue weighted by atomic mass is 35.5. The van der Waals surface area contributed by atoms with Crippen LogP contribution in [-0.2, 0) is 16.4 Å². The molecule has 0 fully saturated rings. The van der Waals surface area contributed by atoms with Crippen LogP contribution in [0, 0.1) is 0 Å². The number of halogens is 2. The Balaban J connectivity index is 1.83. The van der Waals surface area contributed by atoms with Gasteiger partial charge in [0.05, 0.1) is 10.7 Å². The van der Waals surface area contributed by atoms with E-state index in [1.54, 1.807) is 6.20 Å². The summed E-state index contributed by atoms with van der Waals surface area (Å²) >= 11 is 11.9. The monoisotopic (exact) mass is 370 g/mol. The Bertz CT molecular complexity index is 870. The van der Waals surface area contributed by atoms with E-state index >= 15 is 0 Å². The zero-order chi connectivity index (χ0) is 16.4. The van der Waals surface area contributed by atoms with Crippen molar-refractivity contribution >= 4 is 44.9 Å². The minimum atomic E-state index is -3.78. The van der Waals surface area contributed by atoms with Crippen molar-refractivity contribution in [1.82, 2.24) is 9.71 Å². The fourth-order valence-electron chi connectivity index (χ4n) is 2.16. The maximum atomic E-state index is 12.3. The number of fused-ring (bicyclic) bond motifs is 1. The molecular formula is C14H12Cl2N4O2S. The number of rotatable bonds is 3. The largest absolute Gasteiger partial charge is 0.324 e. The van der Waals surface area contributed by atoms with Crippen molar-refractivity contribution < 1.29 is 8.42 Å². The molecule has 2 N–H and O–H groups in total. The van der Waals surface area contributed by atoms with Gasteiger partial charge in [0.25, 0.3) is 10.0 Å². The summed E-state index contributed by atoms with van der Waals surface area (Å²) in [5.74, 6) is 0.131. The van der Waals surface area contributed by atoms with Crippen LogP contribution in [0.4, 0.5) is 5.69 Å². The lowest BCUT2D eigenvalue weighted by atomic mass is 10.3. The highest BCUT2D eigenvalue weighted by Crippen LogP contribution is 2.34. The first-order valence-electron chi connectivity index (χ1n) is 6.69. The Kier molecular flexibility index (Phi) is 4.43. The van der Waals surface area contributed by atoms with Crippen molar-refractivity contribution in [2.75, 3.05) is 11.9 Å². The van der Waals surface area contributed by atoms with Crippen LogP contribution >= 0.6 is 23.2 Å². The summed E-state index contributed by atoms with van der Waals surface area (Å²) in [6, 6.07) is 8.48. The van der Waals surface area contributed by atoms with Gasteiger partial charge in [0, 0.05) is 29.9 Å². The minimum Gasteiger partial charge on any atom is -0.324 e. The first-order chi connectivity index (χ1) is 11.0. The zero-order valence-electron chi connectivity index (χ0n) is 11.8. The lowest BCUT2D eigenvalue weighted by Gasteiger charge is -2.22. The maximum Gasteiger partial charge on any atom is 0.267 e. The summed E-state index contributed by atoms with van der Waals surface area (Å²) in [6.45, 7) is 0.380. The number of nitrogens with zero attached hydrogens (tertiary/aromatic N) is 2. The Labute approximate surface area is 143 Å². The van der Waals surface area contributed by atoms with Gasteiger partial charge in [-0.1, -0.05) is 29.3 Å². The number of pyridine rings is 1. The SMILES string of the molecule is O=S1(=O)NC(=NCCc2ccccn2)Nc2cc(Cl)cc(Cl)c21. The molecule has 3 rings (SSSR count). The Morgan fingerprint density at radius 1 is 1.22 bits per heavy atom. The third-order valence-electron chi connectivity index (χ3n) is 3.13. The van der Waals surface area contributed by atoms with E-state index in [2.05, 4.69) is 20.0 Å². The van der Waals surface area contributed by atoms with Crippen molar-refractivity contribution in [2.24, 2.45) is 4.99 Å². The van der Waals surface area contributed by atoms with Crippen LogP contribution in [0.3, 0.4) is 0 Å². The van der Waals surface area contributed by atoms with Gasteiger partial charge in [-0.3, -0.25) is 9.98 Å². The van der Waals surface area contributed by atoms with Crippen LogP contribution in [0.2, 0.25) is 10.0 Å². The molecule has 0 amide bonds. The van der Waals surface area contributed by atoms with Gasteiger partial charge >= 0.3 is 0 Å². The number of aromatic nitrogens is 1. The highest BCUT2D eigenvalue weighted by Gasteiger charge is 2.29. The number of sulfonamides is 1. The van der Waals surface area contributed by atoms with Crippen LogP contribution in [0.15, 0.2) is 46.4 Å². The lowest BCUT2D eigenvalue weighted by Crippen LogP contribution is -2.41. The molecule has 0 radical (unpaired) electrons. The molecular weight excluding hydrogens is 359 g/mol. The van der Waals surface area contributed by atoms with Crippen molar-refractivity contribution in [3.63, 3.8) is 0 Å². The van der Waals surface area contributed by atoms with Crippen LogP contribution in [0.5, 0.6) is 0 Å². The van der Waals surface area contributed by atoms with Crippen LogP contribution in [0.25, 0.3) is 0 Å². The van der Waals surface area contributed by atoms with E-state index in [0.717, 1.165) is 5.69 Å².